The van der Waals surface area contributed by atoms with Crippen molar-refractivity contribution in [1.29, 1.82) is 0 Å². The molecule has 0 spiro atoms. The number of H-pyrrole nitrogens is 1. The molecule has 1 heterocycles. The average Bonchev–Trinajstić information content (AvgIpc) is 3.19. The summed E-state index contributed by atoms with van der Waals surface area (Å²) in [5.41, 5.74) is 7.03. The second-order valence-electron chi connectivity index (χ2n) is 7.64. The molecule has 0 aliphatic heterocycles. The molecule has 0 radical (unpaired) electrons. The van der Waals surface area contributed by atoms with Crippen molar-refractivity contribution in [3.8, 4) is 0 Å². The Kier molecular flexibility index (Phi) is 9.45. The zero-order valence-corrected chi connectivity index (χ0v) is 19.2. The van der Waals surface area contributed by atoms with Crippen LogP contribution in [0.4, 0.5) is 0 Å². The van der Waals surface area contributed by atoms with Crippen LogP contribution >= 0.6 is 12.6 Å². The van der Waals surface area contributed by atoms with Crippen LogP contribution in [0, 0.1) is 0 Å². The van der Waals surface area contributed by atoms with Crippen molar-refractivity contribution < 1.29 is 34.2 Å². The Morgan fingerprint density at radius 2 is 1.62 bits per heavy atom. The fourth-order valence-corrected chi connectivity index (χ4v) is 3.29. The van der Waals surface area contributed by atoms with E-state index in [0.29, 0.717) is 5.56 Å². The van der Waals surface area contributed by atoms with Crippen LogP contribution in [-0.4, -0.2) is 74.8 Å². The summed E-state index contributed by atoms with van der Waals surface area (Å²) in [5, 5.41) is 26.1. The summed E-state index contributed by atoms with van der Waals surface area (Å²) in [4.78, 5) is 63.3. The normalized spacial score (nSPS) is 14.4. The minimum Gasteiger partial charge on any atom is -0.481 e. The number of benzene rings is 1. The molecular formula is C21H27N5O7S. The molecule has 3 amide bonds. The minimum absolute atomic E-state index is 0.0299. The highest BCUT2D eigenvalue weighted by molar-refractivity contribution is 7.80. The Balaban J connectivity index is 2.29. The lowest BCUT2D eigenvalue weighted by molar-refractivity contribution is -0.143. The number of aromatic amines is 1. The highest BCUT2D eigenvalue weighted by Gasteiger charge is 2.31. The molecule has 4 unspecified atom stereocenters. The van der Waals surface area contributed by atoms with Gasteiger partial charge in [0.15, 0.2) is 0 Å². The van der Waals surface area contributed by atoms with Crippen molar-refractivity contribution >= 4 is 53.2 Å². The van der Waals surface area contributed by atoms with Crippen LogP contribution < -0.4 is 21.7 Å². The van der Waals surface area contributed by atoms with Crippen LogP contribution in [0.2, 0.25) is 0 Å². The molecule has 0 saturated heterocycles. The van der Waals surface area contributed by atoms with Gasteiger partial charge in [-0.05, 0) is 18.6 Å². The molecule has 2 rings (SSSR count). The molecule has 0 aliphatic rings. The standard InChI is InChI=1S/C21H27N5O7S/c1-10(21(32)33)24-19(30)15(6-11-8-23-14-5-3-2-4-12(11)14)26-20(31)16(7-17(27)28)25-18(29)13(22)9-34/h2-5,8,10,13,15-16,23,34H,6-7,9,22H2,1H3,(H,24,30)(H,25,29)(H,26,31)(H,27,28)(H,32,33). The lowest BCUT2D eigenvalue weighted by Gasteiger charge is -2.24. The van der Waals surface area contributed by atoms with Crippen molar-refractivity contribution in [3.63, 3.8) is 0 Å². The molecular weight excluding hydrogens is 466 g/mol. The maximum Gasteiger partial charge on any atom is 0.325 e. The van der Waals surface area contributed by atoms with Gasteiger partial charge in [0.05, 0.1) is 12.5 Å². The van der Waals surface area contributed by atoms with Gasteiger partial charge in [0.1, 0.15) is 18.1 Å². The smallest absolute Gasteiger partial charge is 0.325 e. The van der Waals surface area contributed by atoms with Gasteiger partial charge >= 0.3 is 11.9 Å². The zero-order chi connectivity index (χ0) is 25.4. The number of aromatic nitrogens is 1. The van der Waals surface area contributed by atoms with Gasteiger partial charge in [-0.2, -0.15) is 12.6 Å². The summed E-state index contributed by atoms with van der Waals surface area (Å²) in [6.45, 7) is 1.26. The van der Waals surface area contributed by atoms with E-state index in [1.54, 1.807) is 12.3 Å². The van der Waals surface area contributed by atoms with E-state index < -0.39 is 60.2 Å². The number of nitrogens with two attached hydrogens (primary N) is 1. The Labute approximate surface area is 200 Å². The number of carboxylic acid groups (broad SMARTS) is 2. The van der Waals surface area contributed by atoms with Gasteiger partial charge in [-0.1, -0.05) is 18.2 Å². The molecule has 184 valence electrons. The molecule has 1 aromatic carbocycles. The van der Waals surface area contributed by atoms with Gasteiger partial charge in [0, 0.05) is 29.3 Å². The van der Waals surface area contributed by atoms with Gasteiger partial charge in [-0.15, -0.1) is 0 Å². The van der Waals surface area contributed by atoms with E-state index >= 15 is 0 Å². The summed E-state index contributed by atoms with van der Waals surface area (Å²) in [6.07, 6.45) is 0.863. The largest absolute Gasteiger partial charge is 0.481 e. The Hall–Kier alpha value is -3.58. The maximum absolute atomic E-state index is 12.9. The molecule has 34 heavy (non-hydrogen) atoms. The first-order chi connectivity index (χ1) is 16.0. The van der Waals surface area contributed by atoms with Gasteiger partial charge in [-0.25, -0.2) is 0 Å². The third kappa shape index (κ3) is 7.22. The first-order valence-electron chi connectivity index (χ1n) is 10.3. The number of amides is 3. The number of thiol groups is 1. The molecule has 1 aromatic heterocycles. The fourth-order valence-electron chi connectivity index (χ4n) is 3.12. The Morgan fingerprint density at radius 3 is 2.24 bits per heavy atom. The number of rotatable bonds is 12. The lowest BCUT2D eigenvalue weighted by Crippen LogP contribution is -2.58. The van der Waals surface area contributed by atoms with E-state index in [1.165, 1.54) is 6.92 Å². The van der Waals surface area contributed by atoms with Gasteiger partial charge in [0.2, 0.25) is 17.7 Å². The summed E-state index contributed by atoms with van der Waals surface area (Å²) in [5.74, 6) is -5.19. The van der Waals surface area contributed by atoms with E-state index in [4.69, 9.17) is 15.9 Å². The molecule has 0 fully saturated rings. The minimum atomic E-state index is -1.52. The van der Waals surface area contributed by atoms with Crippen molar-refractivity contribution in [2.75, 3.05) is 5.75 Å². The number of hydrogen-bond donors (Lipinski definition) is 8. The van der Waals surface area contributed by atoms with Gasteiger partial charge in [-0.3, -0.25) is 24.0 Å². The van der Waals surface area contributed by atoms with Gasteiger partial charge in [0.25, 0.3) is 0 Å². The number of carbonyl (C=O) groups excluding carboxylic acids is 3. The maximum atomic E-state index is 12.9. The zero-order valence-electron chi connectivity index (χ0n) is 18.3. The quantitative estimate of drug-likeness (QED) is 0.172. The third-order valence-electron chi connectivity index (χ3n) is 5.01. The predicted octanol–water partition coefficient (Wildman–Crippen LogP) is -0.999. The number of nitrogens with one attached hydrogen (secondary N) is 4. The van der Waals surface area contributed by atoms with E-state index in [0.717, 1.165) is 10.9 Å². The summed E-state index contributed by atoms with van der Waals surface area (Å²) in [6, 6.07) is 2.14. The van der Waals surface area contributed by atoms with E-state index in [2.05, 4.69) is 33.6 Å². The summed E-state index contributed by atoms with van der Waals surface area (Å²) < 4.78 is 0. The van der Waals surface area contributed by atoms with Gasteiger partial charge < -0.3 is 36.9 Å². The number of aliphatic carboxylic acids is 2. The van der Waals surface area contributed by atoms with Crippen LogP contribution in [0.25, 0.3) is 10.9 Å². The molecule has 0 saturated carbocycles. The van der Waals surface area contributed by atoms with Crippen molar-refractivity contribution in [2.24, 2.45) is 5.73 Å². The number of carboxylic acids is 2. The molecule has 0 aliphatic carbocycles. The first kappa shape index (κ1) is 26.7. The third-order valence-corrected chi connectivity index (χ3v) is 5.40. The molecule has 12 nitrogen and oxygen atoms in total. The van der Waals surface area contributed by atoms with Crippen LogP contribution in [0.1, 0.15) is 18.9 Å². The molecule has 8 N–H and O–H groups in total. The van der Waals surface area contributed by atoms with Crippen LogP contribution in [0.5, 0.6) is 0 Å². The van der Waals surface area contributed by atoms with Crippen LogP contribution in [-0.2, 0) is 30.4 Å². The highest BCUT2D eigenvalue weighted by Crippen LogP contribution is 2.19. The number of para-hydroxylation sites is 1. The first-order valence-corrected chi connectivity index (χ1v) is 10.9. The topological polar surface area (TPSA) is 204 Å². The van der Waals surface area contributed by atoms with E-state index in [9.17, 15) is 24.0 Å². The number of fused-ring (bicyclic) bond motifs is 1. The molecule has 0 bridgehead atoms. The predicted molar refractivity (Wildman–Crippen MR) is 125 cm³/mol. The molecule has 13 heteroatoms. The molecule has 2 aromatic rings. The van der Waals surface area contributed by atoms with Crippen molar-refractivity contribution in [1.82, 2.24) is 20.9 Å². The SMILES string of the molecule is CC(NC(=O)C(Cc1c[nH]c2ccccc12)NC(=O)C(CC(=O)O)NC(=O)C(N)CS)C(=O)O. The van der Waals surface area contributed by atoms with Crippen LogP contribution in [0.15, 0.2) is 30.5 Å². The lowest BCUT2D eigenvalue weighted by atomic mass is 10.0. The molecule has 4 atom stereocenters. The summed E-state index contributed by atoms with van der Waals surface area (Å²) in [7, 11) is 0. The fraction of sp³-hybridized carbons (Fsp3) is 0.381. The van der Waals surface area contributed by atoms with Crippen molar-refractivity contribution in [3.05, 3.63) is 36.0 Å². The Bertz CT molecular complexity index is 1070. The number of hydrogen-bond acceptors (Lipinski definition) is 7. The second kappa shape index (κ2) is 12.0. The van der Waals surface area contributed by atoms with E-state index in [1.807, 2.05) is 18.2 Å². The average molecular weight is 494 g/mol. The number of carbonyl (C=O) groups is 5. The highest BCUT2D eigenvalue weighted by atomic mass is 32.1. The van der Waals surface area contributed by atoms with E-state index in [-0.39, 0.29) is 12.2 Å². The monoisotopic (exact) mass is 493 g/mol. The van der Waals surface area contributed by atoms with Crippen molar-refractivity contribution in [2.45, 2.75) is 43.9 Å². The summed E-state index contributed by atoms with van der Waals surface area (Å²) >= 11 is 3.90. The second-order valence-corrected chi connectivity index (χ2v) is 8.01. The van der Waals surface area contributed by atoms with Crippen LogP contribution in [0.3, 0.4) is 0 Å². The Morgan fingerprint density at radius 1 is 1.00 bits per heavy atom.